The van der Waals surface area contributed by atoms with Crippen LogP contribution in [-0.4, -0.2) is 15.1 Å². The maximum Gasteiger partial charge on any atom is 0.226 e. The van der Waals surface area contributed by atoms with Crippen LogP contribution in [0.15, 0.2) is 38.6 Å². The zero-order valence-electron chi connectivity index (χ0n) is 11.1. The number of hydrogen-bond donors (Lipinski definition) is 1. The SMILES string of the molecule is Nc1nc(CCCc2nc(-c3ccc(Br)cc3)no2)cs1. The number of rotatable bonds is 5. The lowest BCUT2D eigenvalue weighted by Gasteiger charge is -1.94. The molecule has 0 aliphatic heterocycles. The second kappa shape index (κ2) is 6.36. The van der Waals surface area contributed by atoms with E-state index in [1.165, 1.54) is 11.3 Å². The Morgan fingerprint density at radius 3 is 2.67 bits per heavy atom. The van der Waals surface area contributed by atoms with Gasteiger partial charge in [0.05, 0.1) is 5.69 Å². The van der Waals surface area contributed by atoms with Crippen LogP contribution in [0.1, 0.15) is 18.0 Å². The Kier molecular flexibility index (Phi) is 4.31. The van der Waals surface area contributed by atoms with Gasteiger partial charge in [-0.2, -0.15) is 4.98 Å². The highest BCUT2D eigenvalue weighted by atomic mass is 79.9. The molecule has 0 atom stereocenters. The van der Waals surface area contributed by atoms with E-state index in [1.807, 2.05) is 29.6 Å². The van der Waals surface area contributed by atoms with Gasteiger partial charge in [0, 0.05) is 21.8 Å². The van der Waals surface area contributed by atoms with E-state index in [4.69, 9.17) is 10.3 Å². The summed E-state index contributed by atoms with van der Waals surface area (Å²) < 4.78 is 6.30. The first kappa shape index (κ1) is 14.2. The van der Waals surface area contributed by atoms with Gasteiger partial charge in [0.2, 0.25) is 11.7 Å². The van der Waals surface area contributed by atoms with Crippen LogP contribution in [0.3, 0.4) is 0 Å². The minimum absolute atomic E-state index is 0.611. The van der Waals surface area contributed by atoms with Crippen LogP contribution in [0.2, 0.25) is 0 Å². The number of aryl methyl sites for hydroxylation is 2. The van der Waals surface area contributed by atoms with Gasteiger partial charge in [0.25, 0.3) is 0 Å². The summed E-state index contributed by atoms with van der Waals surface area (Å²) in [6.45, 7) is 0. The summed E-state index contributed by atoms with van der Waals surface area (Å²) in [7, 11) is 0. The number of halogens is 1. The lowest BCUT2D eigenvalue weighted by atomic mass is 10.2. The van der Waals surface area contributed by atoms with Gasteiger partial charge in [-0.05, 0) is 37.1 Å². The summed E-state index contributed by atoms with van der Waals surface area (Å²) >= 11 is 4.87. The number of aromatic nitrogens is 3. The average Bonchev–Trinajstić information content (AvgIpc) is 3.09. The van der Waals surface area contributed by atoms with Gasteiger partial charge in [-0.1, -0.05) is 21.1 Å². The molecule has 0 amide bonds. The van der Waals surface area contributed by atoms with Crippen molar-refractivity contribution in [1.82, 2.24) is 15.1 Å². The van der Waals surface area contributed by atoms with Crippen molar-refractivity contribution in [2.24, 2.45) is 0 Å². The van der Waals surface area contributed by atoms with Crippen molar-refractivity contribution in [2.75, 3.05) is 5.73 Å². The van der Waals surface area contributed by atoms with Crippen LogP contribution in [0.4, 0.5) is 5.13 Å². The van der Waals surface area contributed by atoms with Gasteiger partial charge < -0.3 is 10.3 Å². The number of anilines is 1. The second-order valence-electron chi connectivity index (χ2n) is 4.55. The molecule has 5 nitrogen and oxygen atoms in total. The third-order valence-corrected chi connectivity index (χ3v) is 4.21. The summed E-state index contributed by atoms with van der Waals surface area (Å²) in [5.41, 5.74) is 7.57. The molecule has 0 unspecified atom stereocenters. The molecule has 0 spiro atoms. The summed E-state index contributed by atoms with van der Waals surface area (Å²) in [6, 6.07) is 7.82. The molecule has 0 saturated heterocycles. The topological polar surface area (TPSA) is 77.8 Å². The number of benzene rings is 1. The van der Waals surface area contributed by atoms with Gasteiger partial charge >= 0.3 is 0 Å². The minimum Gasteiger partial charge on any atom is -0.375 e. The normalized spacial score (nSPS) is 10.9. The summed E-state index contributed by atoms with van der Waals surface area (Å²) in [6.07, 6.45) is 2.51. The molecule has 1 aromatic carbocycles. The number of nitrogens with zero attached hydrogens (tertiary/aromatic N) is 3. The molecule has 0 radical (unpaired) electrons. The Hall–Kier alpha value is -1.73. The Bertz CT molecular complexity index is 723. The highest BCUT2D eigenvalue weighted by Crippen LogP contribution is 2.19. The quantitative estimate of drug-likeness (QED) is 0.746. The zero-order chi connectivity index (χ0) is 14.7. The van der Waals surface area contributed by atoms with E-state index in [9.17, 15) is 0 Å². The van der Waals surface area contributed by atoms with Crippen molar-refractivity contribution in [3.63, 3.8) is 0 Å². The summed E-state index contributed by atoms with van der Waals surface area (Å²) in [5.74, 6) is 1.27. The third kappa shape index (κ3) is 3.68. The molecular formula is C14H13BrN4OS. The summed E-state index contributed by atoms with van der Waals surface area (Å²) in [4.78, 5) is 8.64. The molecule has 0 saturated carbocycles. The van der Waals surface area contributed by atoms with Crippen molar-refractivity contribution in [3.05, 3.63) is 45.7 Å². The predicted octanol–water partition coefficient (Wildman–Crippen LogP) is 3.71. The predicted molar refractivity (Wildman–Crippen MR) is 86.0 cm³/mol. The highest BCUT2D eigenvalue weighted by molar-refractivity contribution is 9.10. The largest absolute Gasteiger partial charge is 0.375 e. The highest BCUT2D eigenvalue weighted by Gasteiger charge is 2.09. The number of nitrogen functional groups attached to an aromatic ring is 1. The fourth-order valence-corrected chi connectivity index (χ4v) is 2.79. The minimum atomic E-state index is 0.611. The van der Waals surface area contributed by atoms with E-state index >= 15 is 0 Å². The standard InChI is InChI=1S/C14H13BrN4OS/c15-10-6-4-9(5-7-10)13-18-12(20-19-13)3-1-2-11-8-21-14(16)17-11/h4-8H,1-3H2,(H2,16,17). The second-order valence-corrected chi connectivity index (χ2v) is 6.35. The maximum atomic E-state index is 5.60. The van der Waals surface area contributed by atoms with E-state index in [-0.39, 0.29) is 0 Å². The number of thiazole rings is 1. The molecule has 2 heterocycles. The Morgan fingerprint density at radius 1 is 1.14 bits per heavy atom. The molecule has 0 aliphatic rings. The fraction of sp³-hybridized carbons (Fsp3) is 0.214. The average molecular weight is 365 g/mol. The van der Waals surface area contributed by atoms with Gasteiger partial charge in [0.1, 0.15) is 0 Å². The number of hydrogen-bond acceptors (Lipinski definition) is 6. The van der Waals surface area contributed by atoms with Crippen LogP contribution in [-0.2, 0) is 12.8 Å². The van der Waals surface area contributed by atoms with Crippen LogP contribution in [0, 0.1) is 0 Å². The smallest absolute Gasteiger partial charge is 0.226 e. The monoisotopic (exact) mass is 364 g/mol. The first-order valence-corrected chi connectivity index (χ1v) is 8.16. The zero-order valence-corrected chi connectivity index (χ0v) is 13.5. The molecule has 7 heteroatoms. The third-order valence-electron chi connectivity index (χ3n) is 2.96. The molecule has 108 valence electrons. The molecular weight excluding hydrogens is 352 g/mol. The van der Waals surface area contributed by atoms with Crippen LogP contribution >= 0.6 is 27.3 Å². The van der Waals surface area contributed by atoms with E-state index in [2.05, 4.69) is 31.1 Å². The van der Waals surface area contributed by atoms with Crippen LogP contribution < -0.4 is 5.73 Å². The number of nitrogens with two attached hydrogens (primary N) is 1. The Balaban J connectivity index is 1.59. The molecule has 2 aromatic heterocycles. The van der Waals surface area contributed by atoms with Gasteiger partial charge in [-0.25, -0.2) is 4.98 Å². The molecule has 2 N–H and O–H groups in total. The van der Waals surface area contributed by atoms with Crippen LogP contribution in [0.5, 0.6) is 0 Å². The Morgan fingerprint density at radius 2 is 1.95 bits per heavy atom. The molecule has 0 bridgehead atoms. The van der Waals surface area contributed by atoms with E-state index in [0.717, 1.165) is 35.0 Å². The van der Waals surface area contributed by atoms with Crippen molar-refractivity contribution in [1.29, 1.82) is 0 Å². The fourth-order valence-electron chi connectivity index (χ4n) is 1.93. The van der Waals surface area contributed by atoms with Crippen molar-refractivity contribution in [3.8, 4) is 11.4 Å². The van der Waals surface area contributed by atoms with E-state index in [0.29, 0.717) is 16.8 Å². The molecule has 0 aliphatic carbocycles. The molecule has 3 rings (SSSR count). The van der Waals surface area contributed by atoms with Gasteiger partial charge in [-0.3, -0.25) is 0 Å². The van der Waals surface area contributed by atoms with Crippen molar-refractivity contribution < 1.29 is 4.52 Å². The molecule has 3 aromatic rings. The maximum absolute atomic E-state index is 5.60. The van der Waals surface area contributed by atoms with Crippen LogP contribution in [0.25, 0.3) is 11.4 Å². The summed E-state index contributed by atoms with van der Waals surface area (Å²) in [5, 5.41) is 6.60. The van der Waals surface area contributed by atoms with Crippen molar-refractivity contribution in [2.45, 2.75) is 19.3 Å². The van der Waals surface area contributed by atoms with Gasteiger partial charge in [-0.15, -0.1) is 11.3 Å². The molecule has 21 heavy (non-hydrogen) atoms. The van der Waals surface area contributed by atoms with Gasteiger partial charge in [0.15, 0.2) is 5.13 Å². The van der Waals surface area contributed by atoms with E-state index in [1.54, 1.807) is 0 Å². The Labute approximate surface area is 134 Å². The first-order chi connectivity index (χ1) is 10.2. The lowest BCUT2D eigenvalue weighted by Crippen LogP contribution is -1.92. The molecule has 0 fully saturated rings. The first-order valence-electron chi connectivity index (χ1n) is 6.49. The van der Waals surface area contributed by atoms with Crippen molar-refractivity contribution >= 4 is 32.4 Å². The van der Waals surface area contributed by atoms with E-state index < -0.39 is 0 Å². The lowest BCUT2D eigenvalue weighted by molar-refractivity contribution is 0.376.